The van der Waals surface area contributed by atoms with Crippen molar-refractivity contribution in [2.45, 2.75) is 168 Å². The smallest absolute Gasteiger partial charge is 0.332 e. The van der Waals surface area contributed by atoms with Crippen LogP contribution < -0.4 is 16.0 Å². The van der Waals surface area contributed by atoms with Gasteiger partial charge in [0, 0.05) is 12.8 Å². The number of cyclic esters (lactones) is 1. The molecule has 1 saturated heterocycles. The highest BCUT2D eigenvalue weighted by molar-refractivity contribution is 5.94. The molecule has 0 aromatic rings. The number of rotatable bonds is 17. The van der Waals surface area contributed by atoms with Crippen LogP contribution >= 0.6 is 0 Å². The summed E-state index contributed by atoms with van der Waals surface area (Å²) < 4.78 is 11.0. The molecular weight excluding hydrogens is 606 g/mol. The lowest BCUT2D eigenvalue weighted by molar-refractivity contribution is -0.162. The maximum absolute atomic E-state index is 13.5. The van der Waals surface area contributed by atoms with E-state index in [-0.39, 0.29) is 6.42 Å². The number of aliphatic hydroxyl groups excluding tert-OH is 2. The minimum atomic E-state index is -1.49. The Morgan fingerprint density at radius 3 is 1.81 bits per heavy atom. The molecule has 0 aromatic carbocycles. The second-order valence-electron chi connectivity index (χ2n) is 13.5. The highest BCUT2D eigenvalue weighted by Crippen LogP contribution is 2.26. The van der Waals surface area contributed by atoms with Crippen LogP contribution in [0.1, 0.15) is 132 Å². The standard InChI is InChI=1S/C35H63N3O9/c1-8-10-11-12-13-14-15-16-17-18-19-20-28-23(5)31(41)26(9-2)32(42)37-29(22(3)4)33(43)38-30(24(6)39)34(44)36-27(35(45)47-28)21-46-25(7)40/h22-24,26-31,39,41H,8-21H2,1-7H3,(H,36,44)(H,37,42)(H,38,43)/t23-,24+,26?,27?,28?,29?,30-,31+/m0/s1. The first-order valence-corrected chi connectivity index (χ1v) is 17.9. The fraction of sp³-hybridized carbons (Fsp3) is 0.857. The van der Waals surface area contributed by atoms with Gasteiger partial charge in [0.2, 0.25) is 17.7 Å². The number of nitrogens with one attached hydrogen (secondary N) is 3. The van der Waals surface area contributed by atoms with E-state index in [0.717, 1.165) is 26.2 Å². The van der Waals surface area contributed by atoms with Gasteiger partial charge in [0.05, 0.1) is 18.1 Å². The van der Waals surface area contributed by atoms with Gasteiger partial charge in [-0.2, -0.15) is 0 Å². The van der Waals surface area contributed by atoms with E-state index in [1.165, 1.54) is 51.9 Å². The van der Waals surface area contributed by atoms with Gasteiger partial charge in [0.1, 0.15) is 24.8 Å². The highest BCUT2D eigenvalue weighted by atomic mass is 16.6. The average Bonchev–Trinajstić information content (AvgIpc) is 3.01. The van der Waals surface area contributed by atoms with Crippen molar-refractivity contribution < 1.29 is 43.7 Å². The molecule has 1 rings (SSSR count). The van der Waals surface area contributed by atoms with Crippen molar-refractivity contribution in [3.8, 4) is 0 Å². The summed E-state index contributed by atoms with van der Waals surface area (Å²) >= 11 is 0. The summed E-state index contributed by atoms with van der Waals surface area (Å²) in [6.07, 6.45) is 9.77. The summed E-state index contributed by atoms with van der Waals surface area (Å²) in [4.78, 5) is 65.2. The molecule has 0 aromatic heterocycles. The molecular formula is C35H63N3O9. The van der Waals surface area contributed by atoms with Crippen molar-refractivity contribution >= 4 is 29.7 Å². The lowest BCUT2D eigenvalue weighted by Crippen LogP contribution is -2.60. The summed E-state index contributed by atoms with van der Waals surface area (Å²) in [5.41, 5.74) is 0. The van der Waals surface area contributed by atoms with Crippen molar-refractivity contribution in [2.75, 3.05) is 6.61 Å². The van der Waals surface area contributed by atoms with Crippen LogP contribution in [-0.4, -0.2) is 82.9 Å². The maximum atomic E-state index is 13.5. The van der Waals surface area contributed by atoms with Gasteiger partial charge in [-0.15, -0.1) is 0 Å². The van der Waals surface area contributed by atoms with Gasteiger partial charge >= 0.3 is 11.9 Å². The van der Waals surface area contributed by atoms with E-state index in [1.54, 1.807) is 27.7 Å². The lowest BCUT2D eigenvalue weighted by atomic mass is 9.84. The first-order chi connectivity index (χ1) is 22.2. The molecule has 3 amide bonds. The van der Waals surface area contributed by atoms with E-state index in [9.17, 15) is 34.2 Å². The molecule has 5 N–H and O–H groups in total. The van der Waals surface area contributed by atoms with Crippen LogP contribution in [0.4, 0.5) is 0 Å². The van der Waals surface area contributed by atoms with Gasteiger partial charge in [0.25, 0.3) is 0 Å². The second kappa shape index (κ2) is 22.8. The number of aliphatic hydroxyl groups is 2. The quantitative estimate of drug-likeness (QED) is 0.114. The van der Waals surface area contributed by atoms with Crippen LogP contribution in [0.25, 0.3) is 0 Å². The maximum Gasteiger partial charge on any atom is 0.332 e. The fourth-order valence-electron chi connectivity index (χ4n) is 5.91. The Kier molecular flexibility index (Phi) is 20.5. The van der Waals surface area contributed by atoms with Crippen LogP contribution in [0.2, 0.25) is 0 Å². The number of carbonyl (C=O) groups excluding carboxylic acids is 5. The monoisotopic (exact) mass is 669 g/mol. The van der Waals surface area contributed by atoms with E-state index in [1.807, 2.05) is 0 Å². The molecule has 47 heavy (non-hydrogen) atoms. The Morgan fingerprint density at radius 1 is 0.809 bits per heavy atom. The van der Waals surface area contributed by atoms with Crippen molar-refractivity contribution in [3.63, 3.8) is 0 Å². The van der Waals surface area contributed by atoms with E-state index in [0.29, 0.717) is 12.8 Å². The minimum absolute atomic E-state index is 0.258. The fourth-order valence-corrected chi connectivity index (χ4v) is 5.91. The van der Waals surface area contributed by atoms with Crippen molar-refractivity contribution in [1.82, 2.24) is 16.0 Å². The average molecular weight is 670 g/mol. The Bertz CT molecular complexity index is 974. The Hall–Kier alpha value is -2.73. The van der Waals surface area contributed by atoms with Crippen LogP contribution in [0, 0.1) is 17.8 Å². The number of ether oxygens (including phenoxy) is 2. The Morgan fingerprint density at radius 2 is 1.32 bits per heavy atom. The topological polar surface area (TPSA) is 180 Å². The minimum Gasteiger partial charge on any atom is -0.463 e. The molecule has 4 unspecified atom stereocenters. The molecule has 0 radical (unpaired) electrons. The Labute approximate surface area is 281 Å². The number of unbranched alkanes of at least 4 members (excludes halogenated alkanes) is 10. The highest BCUT2D eigenvalue weighted by Gasteiger charge is 2.40. The molecule has 12 heteroatoms. The largest absolute Gasteiger partial charge is 0.463 e. The Balaban J connectivity index is 3.25. The van der Waals surface area contributed by atoms with Crippen LogP contribution in [-0.2, 0) is 33.4 Å². The third-order valence-electron chi connectivity index (χ3n) is 9.04. The van der Waals surface area contributed by atoms with Crippen LogP contribution in [0.15, 0.2) is 0 Å². The third kappa shape index (κ3) is 15.4. The number of amides is 3. The predicted octanol–water partition coefficient (Wildman–Crippen LogP) is 3.69. The van der Waals surface area contributed by atoms with Gasteiger partial charge in [-0.05, 0) is 32.1 Å². The molecule has 1 aliphatic heterocycles. The van der Waals surface area contributed by atoms with E-state index >= 15 is 0 Å². The number of carbonyl (C=O) groups is 5. The van der Waals surface area contributed by atoms with Crippen LogP contribution in [0.5, 0.6) is 0 Å². The molecule has 0 saturated carbocycles. The van der Waals surface area contributed by atoms with E-state index < -0.39 is 90.5 Å². The molecule has 0 spiro atoms. The van der Waals surface area contributed by atoms with Gasteiger partial charge in [-0.1, -0.05) is 98.8 Å². The van der Waals surface area contributed by atoms with Crippen molar-refractivity contribution in [3.05, 3.63) is 0 Å². The normalized spacial score (nSPS) is 27.1. The molecule has 0 aliphatic carbocycles. The molecule has 1 heterocycles. The number of esters is 2. The number of hydrogen-bond acceptors (Lipinski definition) is 9. The number of hydrogen-bond donors (Lipinski definition) is 5. The zero-order valence-electron chi connectivity index (χ0n) is 29.8. The van der Waals surface area contributed by atoms with Gasteiger partial charge in [0.15, 0.2) is 6.04 Å². The van der Waals surface area contributed by atoms with Gasteiger partial charge < -0.3 is 35.6 Å². The molecule has 8 atom stereocenters. The molecule has 12 nitrogen and oxygen atoms in total. The first-order valence-electron chi connectivity index (χ1n) is 17.9. The predicted molar refractivity (Wildman–Crippen MR) is 179 cm³/mol. The zero-order valence-corrected chi connectivity index (χ0v) is 29.8. The molecule has 1 aliphatic rings. The summed E-state index contributed by atoms with van der Waals surface area (Å²) in [5, 5.41) is 29.5. The second-order valence-corrected chi connectivity index (χ2v) is 13.5. The molecule has 1 fully saturated rings. The van der Waals surface area contributed by atoms with E-state index in [2.05, 4.69) is 22.9 Å². The van der Waals surface area contributed by atoms with Crippen molar-refractivity contribution in [2.24, 2.45) is 17.8 Å². The zero-order chi connectivity index (χ0) is 35.5. The van der Waals surface area contributed by atoms with Crippen LogP contribution in [0.3, 0.4) is 0 Å². The molecule has 272 valence electrons. The summed E-state index contributed by atoms with van der Waals surface area (Å²) in [5.74, 6) is -5.70. The van der Waals surface area contributed by atoms with Gasteiger partial charge in [-0.25, -0.2) is 4.79 Å². The SMILES string of the molecule is CCCCCCCCCCCCCC1OC(=O)C(COC(C)=O)NC(=O)[C@H]([C@@H](C)O)NC(=O)C(C(C)C)NC(=O)C(CC)[C@H](O)[C@H]1C. The lowest BCUT2D eigenvalue weighted by Gasteiger charge is -2.33. The van der Waals surface area contributed by atoms with Crippen molar-refractivity contribution in [1.29, 1.82) is 0 Å². The third-order valence-corrected chi connectivity index (χ3v) is 9.04. The molecule has 0 bridgehead atoms. The van der Waals surface area contributed by atoms with E-state index in [4.69, 9.17) is 9.47 Å². The summed E-state index contributed by atoms with van der Waals surface area (Å²) in [6.45, 7) is 11.1. The summed E-state index contributed by atoms with van der Waals surface area (Å²) in [7, 11) is 0. The van der Waals surface area contributed by atoms with Gasteiger partial charge in [-0.3, -0.25) is 19.2 Å². The first kappa shape index (κ1) is 42.3. The summed E-state index contributed by atoms with van der Waals surface area (Å²) in [6, 6.07) is -4.00.